The highest BCUT2D eigenvalue weighted by atomic mass is 35.5. The Labute approximate surface area is 116 Å². The van der Waals surface area contributed by atoms with Crippen LogP contribution in [0.25, 0.3) is 0 Å². The molecule has 2 aromatic rings. The second-order valence-corrected chi connectivity index (χ2v) is 4.52. The SMILES string of the molecule is COc1cc(C(N)c2nccn2C)cc(Cl)c1OC. The van der Waals surface area contributed by atoms with Gasteiger partial charge in [-0.15, -0.1) is 0 Å². The van der Waals surface area contributed by atoms with Gasteiger partial charge in [0, 0.05) is 19.4 Å². The van der Waals surface area contributed by atoms with E-state index in [4.69, 9.17) is 26.8 Å². The molecular weight excluding hydrogens is 266 g/mol. The Morgan fingerprint density at radius 2 is 2.05 bits per heavy atom. The van der Waals surface area contributed by atoms with E-state index in [1.54, 1.807) is 26.5 Å². The standard InChI is InChI=1S/C13H16ClN3O2/c1-17-5-4-16-13(17)11(15)8-6-9(14)12(19-3)10(7-8)18-2/h4-7,11H,15H2,1-3H3. The summed E-state index contributed by atoms with van der Waals surface area (Å²) in [5.41, 5.74) is 7.02. The lowest BCUT2D eigenvalue weighted by atomic mass is 10.1. The van der Waals surface area contributed by atoms with E-state index in [9.17, 15) is 0 Å². The summed E-state index contributed by atoms with van der Waals surface area (Å²) in [6.45, 7) is 0. The van der Waals surface area contributed by atoms with E-state index in [1.807, 2.05) is 23.9 Å². The zero-order valence-corrected chi connectivity index (χ0v) is 11.8. The van der Waals surface area contributed by atoms with E-state index in [2.05, 4.69) is 4.98 Å². The van der Waals surface area contributed by atoms with Gasteiger partial charge in [0.1, 0.15) is 5.82 Å². The number of hydrogen-bond donors (Lipinski definition) is 1. The van der Waals surface area contributed by atoms with Gasteiger partial charge in [-0.2, -0.15) is 0 Å². The summed E-state index contributed by atoms with van der Waals surface area (Å²) in [6, 6.07) is 3.20. The van der Waals surface area contributed by atoms with Gasteiger partial charge < -0.3 is 19.8 Å². The fraction of sp³-hybridized carbons (Fsp3) is 0.308. The predicted octanol–water partition coefficient (Wildman–Crippen LogP) is 2.14. The average molecular weight is 282 g/mol. The second-order valence-electron chi connectivity index (χ2n) is 4.11. The molecule has 0 aliphatic heterocycles. The number of halogens is 1. The van der Waals surface area contributed by atoms with E-state index in [0.29, 0.717) is 16.5 Å². The number of ether oxygens (including phenoxy) is 2. The summed E-state index contributed by atoms with van der Waals surface area (Å²) in [6.07, 6.45) is 3.55. The van der Waals surface area contributed by atoms with Gasteiger partial charge in [-0.05, 0) is 17.7 Å². The number of methoxy groups -OCH3 is 2. The third-order valence-corrected chi connectivity index (χ3v) is 3.23. The van der Waals surface area contributed by atoms with Gasteiger partial charge in [-0.1, -0.05) is 11.6 Å². The summed E-state index contributed by atoms with van der Waals surface area (Å²) in [5, 5.41) is 0.460. The molecule has 0 amide bonds. The van der Waals surface area contributed by atoms with Crippen LogP contribution in [-0.4, -0.2) is 23.8 Å². The normalized spacial score (nSPS) is 12.3. The van der Waals surface area contributed by atoms with Crippen LogP contribution in [0.3, 0.4) is 0 Å². The van der Waals surface area contributed by atoms with Crippen molar-refractivity contribution in [3.05, 3.63) is 40.9 Å². The summed E-state index contributed by atoms with van der Waals surface area (Å²) in [4.78, 5) is 4.24. The summed E-state index contributed by atoms with van der Waals surface area (Å²) >= 11 is 6.17. The summed E-state index contributed by atoms with van der Waals surface area (Å²) < 4.78 is 12.3. The fourth-order valence-corrected chi connectivity index (χ4v) is 2.24. The molecule has 1 unspecified atom stereocenters. The molecule has 0 bridgehead atoms. The number of aromatic nitrogens is 2. The third kappa shape index (κ3) is 2.52. The van der Waals surface area contributed by atoms with Gasteiger partial charge in [0.2, 0.25) is 0 Å². The maximum absolute atomic E-state index is 6.21. The maximum Gasteiger partial charge on any atom is 0.179 e. The minimum atomic E-state index is -0.377. The molecule has 6 heteroatoms. The first-order valence-corrected chi connectivity index (χ1v) is 6.10. The van der Waals surface area contributed by atoms with Crippen LogP contribution in [0.4, 0.5) is 0 Å². The molecule has 102 valence electrons. The van der Waals surface area contributed by atoms with Gasteiger partial charge >= 0.3 is 0 Å². The molecule has 0 aliphatic rings. The fourth-order valence-electron chi connectivity index (χ4n) is 1.94. The number of rotatable bonds is 4. The van der Waals surface area contributed by atoms with Crippen LogP contribution in [0.1, 0.15) is 17.4 Å². The van der Waals surface area contributed by atoms with Gasteiger partial charge in [-0.3, -0.25) is 0 Å². The van der Waals surface area contributed by atoms with Gasteiger partial charge in [-0.25, -0.2) is 4.98 Å². The van der Waals surface area contributed by atoms with Crippen LogP contribution < -0.4 is 15.2 Å². The quantitative estimate of drug-likeness (QED) is 0.933. The topological polar surface area (TPSA) is 62.3 Å². The smallest absolute Gasteiger partial charge is 0.179 e. The first-order valence-electron chi connectivity index (χ1n) is 5.72. The third-order valence-electron chi connectivity index (χ3n) is 2.95. The van der Waals surface area contributed by atoms with Crippen molar-refractivity contribution in [2.45, 2.75) is 6.04 Å². The highest BCUT2D eigenvalue weighted by Gasteiger charge is 2.18. The molecule has 2 rings (SSSR count). The van der Waals surface area contributed by atoms with E-state index in [1.165, 1.54) is 0 Å². The first kappa shape index (κ1) is 13.7. The maximum atomic E-state index is 6.21. The zero-order chi connectivity index (χ0) is 14.0. The largest absolute Gasteiger partial charge is 0.493 e. The van der Waals surface area contributed by atoms with Crippen molar-refractivity contribution >= 4 is 11.6 Å². The van der Waals surface area contributed by atoms with Crippen molar-refractivity contribution in [2.24, 2.45) is 12.8 Å². The first-order chi connectivity index (χ1) is 9.08. The monoisotopic (exact) mass is 281 g/mol. The number of nitrogens with two attached hydrogens (primary N) is 1. The van der Waals surface area contributed by atoms with Crippen molar-refractivity contribution in [1.82, 2.24) is 9.55 Å². The lowest BCUT2D eigenvalue weighted by molar-refractivity contribution is 0.354. The van der Waals surface area contributed by atoms with Gasteiger partial charge in [0.15, 0.2) is 11.5 Å². The predicted molar refractivity (Wildman–Crippen MR) is 73.8 cm³/mol. The van der Waals surface area contributed by atoms with Gasteiger partial charge in [0.05, 0.1) is 25.3 Å². The highest BCUT2D eigenvalue weighted by Crippen LogP contribution is 2.38. The van der Waals surface area contributed by atoms with Crippen molar-refractivity contribution in [3.8, 4) is 11.5 Å². The lowest BCUT2D eigenvalue weighted by Gasteiger charge is -2.16. The van der Waals surface area contributed by atoms with Crippen LogP contribution in [-0.2, 0) is 7.05 Å². The number of hydrogen-bond acceptors (Lipinski definition) is 4. The molecule has 2 N–H and O–H groups in total. The molecule has 1 aromatic heterocycles. The lowest BCUT2D eigenvalue weighted by Crippen LogP contribution is -2.16. The number of aryl methyl sites for hydroxylation is 1. The number of benzene rings is 1. The molecule has 1 aromatic carbocycles. The zero-order valence-electron chi connectivity index (χ0n) is 11.1. The molecular formula is C13H16ClN3O2. The van der Waals surface area contributed by atoms with Crippen LogP contribution in [0.15, 0.2) is 24.5 Å². The second kappa shape index (κ2) is 5.50. The van der Waals surface area contributed by atoms with Crippen LogP contribution in [0, 0.1) is 0 Å². The molecule has 0 radical (unpaired) electrons. The Kier molecular flexibility index (Phi) is 3.97. The van der Waals surface area contributed by atoms with E-state index in [0.717, 1.165) is 11.4 Å². The van der Waals surface area contributed by atoms with E-state index >= 15 is 0 Å². The average Bonchev–Trinajstić information content (AvgIpc) is 2.83. The van der Waals surface area contributed by atoms with Crippen molar-refractivity contribution < 1.29 is 9.47 Å². The molecule has 0 aliphatic carbocycles. The Bertz CT molecular complexity index is 583. The Hall–Kier alpha value is -1.72. The van der Waals surface area contributed by atoms with Gasteiger partial charge in [0.25, 0.3) is 0 Å². The minimum absolute atomic E-state index is 0.377. The molecule has 1 heterocycles. The van der Waals surface area contributed by atoms with Crippen molar-refractivity contribution in [2.75, 3.05) is 14.2 Å². The van der Waals surface area contributed by atoms with Crippen LogP contribution in [0.2, 0.25) is 5.02 Å². The van der Waals surface area contributed by atoms with Crippen LogP contribution in [0.5, 0.6) is 11.5 Å². The van der Waals surface area contributed by atoms with Crippen molar-refractivity contribution in [1.29, 1.82) is 0 Å². The highest BCUT2D eigenvalue weighted by molar-refractivity contribution is 6.32. The number of nitrogens with zero attached hydrogens (tertiary/aromatic N) is 2. The molecule has 0 saturated carbocycles. The Morgan fingerprint density at radius 1 is 1.32 bits per heavy atom. The van der Waals surface area contributed by atoms with E-state index in [-0.39, 0.29) is 6.04 Å². The minimum Gasteiger partial charge on any atom is -0.493 e. The molecule has 5 nitrogen and oxygen atoms in total. The Morgan fingerprint density at radius 3 is 2.58 bits per heavy atom. The van der Waals surface area contributed by atoms with Crippen molar-refractivity contribution in [3.63, 3.8) is 0 Å². The molecule has 0 spiro atoms. The molecule has 0 fully saturated rings. The van der Waals surface area contributed by atoms with E-state index < -0.39 is 0 Å². The summed E-state index contributed by atoms with van der Waals surface area (Å²) in [5.74, 6) is 1.80. The Balaban J connectivity index is 2.46. The molecule has 19 heavy (non-hydrogen) atoms. The number of imidazole rings is 1. The van der Waals surface area contributed by atoms with Crippen LogP contribution >= 0.6 is 11.6 Å². The molecule has 1 atom stereocenters. The summed E-state index contributed by atoms with van der Waals surface area (Å²) in [7, 11) is 5.00. The molecule has 0 saturated heterocycles.